The summed E-state index contributed by atoms with van der Waals surface area (Å²) in [5.41, 5.74) is 0. The molecule has 1 aromatic carbocycles. The Hall–Kier alpha value is -0.953. The lowest BCUT2D eigenvalue weighted by Crippen LogP contribution is -2.44. The largest absolute Gasteiger partial charge is 0.413 e. The van der Waals surface area contributed by atoms with Crippen LogP contribution in [0.25, 0.3) is 0 Å². The number of aliphatic hydroxyl groups excluding tert-OH is 1. The van der Waals surface area contributed by atoms with E-state index >= 15 is 0 Å². The van der Waals surface area contributed by atoms with Crippen molar-refractivity contribution in [1.29, 1.82) is 0 Å². The fourth-order valence-electron chi connectivity index (χ4n) is 4.04. The maximum Gasteiger partial charge on any atom is 0.202 e. The third kappa shape index (κ3) is 4.55. The molecule has 1 aliphatic rings. The Morgan fingerprint density at radius 1 is 1.07 bits per heavy atom. The molecule has 0 fully saturated rings. The molecule has 0 bridgehead atoms. The molecule has 4 atom stereocenters. The summed E-state index contributed by atoms with van der Waals surface area (Å²) in [6.07, 6.45) is 1.43. The SMILES string of the molecule is CC[Si](CC)(CC)O[C@@H]1CC=C(S(=O)(=O)c2ccccc2)[C@@H](C)[C@@H](O)[C@H]1C. The summed E-state index contributed by atoms with van der Waals surface area (Å²) in [6, 6.07) is 11.6. The lowest BCUT2D eigenvalue weighted by atomic mass is 9.91. The molecule has 0 amide bonds. The molecule has 0 saturated carbocycles. The maximum atomic E-state index is 13.2. The summed E-state index contributed by atoms with van der Waals surface area (Å²) in [7, 11) is -5.46. The second-order valence-electron chi connectivity index (χ2n) is 7.70. The van der Waals surface area contributed by atoms with E-state index in [0.29, 0.717) is 11.3 Å². The molecule has 0 spiro atoms. The van der Waals surface area contributed by atoms with Crippen molar-refractivity contribution in [3.8, 4) is 0 Å². The third-order valence-corrected chi connectivity index (χ3v) is 13.1. The Labute approximate surface area is 165 Å². The highest BCUT2D eigenvalue weighted by molar-refractivity contribution is 7.95. The first-order chi connectivity index (χ1) is 12.7. The van der Waals surface area contributed by atoms with Crippen LogP contribution in [0.2, 0.25) is 18.1 Å². The number of rotatable bonds is 7. The van der Waals surface area contributed by atoms with Gasteiger partial charge in [0.15, 0.2) is 8.32 Å². The molecule has 1 N–H and O–H groups in total. The number of sulfone groups is 1. The molecule has 0 unspecified atom stereocenters. The number of hydrogen-bond acceptors (Lipinski definition) is 4. The minimum absolute atomic E-state index is 0.115. The van der Waals surface area contributed by atoms with E-state index in [2.05, 4.69) is 20.8 Å². The van der Waals surface area contributed by atoms with Crippen molar-refractivity contribution in [2.45, 2.75) is 76.3 Å². The first kappa shape index (κ1) is 22.3. The first-order valence-corrected chi connectivity index (χ1v) is 14.1. The molecule has 152 valence electrons. The van der Waals surface area contributed by atoms with E-state index in [1.807, 2.05) is 6.92 Å². The van der Waals surface area contributed by atoms with Gasteiger partial charge < -0.3 is 9.53 Å². The van der Waals surface area contributed by atoms with Crippen molar-refractivity contribution in [3.63, 3.8) is 0 Å². The second kappa shape index (κ2) is 9.03. The van der Waals surface area contributed by atoms with Gasteiger partial charge in [-0.2, -0.15) is 0 Å². The molecule has 0 aliphatic heterocycles. The third-order valence-electron chi connectivity index (χ3n) is 6.34. The Morgan fingerprint density at radius 2 is 1.63 bits per heavy atom. The average molecular weight is 411 g/mol. The predicted octanol–water partition coefficient (Wildman–Crippen LogP) is 4.77. The van der Waals surface area contributed by atoms with Crippen LogP contribution in [-0.2, 0) is 14.3 Å². The van der Waals surface area contributed by atoms with Gasteiger partial charge >= 0.3 is 0 Å². The van der Waals surface area contributed by atoms with Gasteiger partial charge in [0.1, 0.15) is 0 Å². The highest BCUT2D eigenvalue weighted by atomic mass is 32.2. The van der Waals surface area contributed by atoms with Gasteiger partial charge in [-0.05, 0) is 36.7 Å². The maximum absolute atomic E-state index is 13.2. The van der Waals surface area contributed by atoms with E-state index in [1.54, 1.807) is 43.3 Å². The fraction of sp³-hybridized carbons (Fsp3) is 0.619. The number of benzene rings is 1. The highest BCUT2D eigenvalue weighted by Gasteiger charge is 2.41. The number of hydrogen-bond donors (Lipinski definition) is 1. The van der Waals surface area contributed by atoms with Crippen LogP contribution in [-0.4, -0.2) is 34.0 Å². The summed E-state index contributed by atoms with van der Waals surface area (Å²) in [5, 5.41) is 10.9. The zero-order valence-corrected chi connectivity index (χ0v) is 19.0. The molecule has 0 aromatic heterocycles. The summed E-state index contributed by atoms with van der Waals surface area (Å²) < 4.78 is 32.9. The second-order valence-corrected chi connectivity index (χ2v) is 14.4. The Balaban J connectivity index is 2.39. The number of aliphatic hydroxyl groups is 1. The van der Waals surface area contributed by atoms with Gasteiger partial charge in [0, 0.05) is 11.8 Å². The van der Waals surface area contributed by atoms with Crippen LogP contribution in [0.3, 0.4) is 0 Å². The minimum atomic E-state index is -3.62. The molecule has 0 radical (unpaired) electrons. The molecular weight excluding hydrogens is 376 g/mol. The van der Waals surface area contributed by atoms with Gasteiger partial charge in [0.2, 0.25) is 9.84 Å². The van der Waals surface area contributed by atoms with Crippen molar-refractivity contribution in [2.24, 2.45) is 11.8 Å². The van der Waals surface area contributed by atoms with E-state index in [9.17, 15) is 13.5 Å². The summed E-state index contributed by atoms with van der Waals surface area (Å²) in [5.74, 6) is -0.573. The van der Waals surface area contributed by atoms with E-state index in [4.69, 9.17) is 4.43 Å². The van der Waals surface area contributed by atoms with Gasteiger partial charge in [0.05, 0.1) is 22.0 Å². The van der Waals surface area contributed by atoms with Crippen LogP contribution in [0, 0.1) is 11.8 Å². The van der Waals surface area contributed by atoms with Crippen LogP contribution >= 0.6 is 0 Å². The Morgan fingerprint density at radius 3 is 2.15 bits per heavy atom. The van der Waals surface area contributed by atoms with Crippen molar-refractivity contribution in [3.05, 3.63) is 41.3 Å². The molecule has 1 aromatic rings. The first-order valence-electron chi connectivity index (χ1n) is 10.1. The molecule has 0 heterocycles. The van der Waals surface area contributed by atoms with Crippen molar-refractivity contribution in [1.82, 2.24) is 0 Å². The van der Waals surface area contributed by atoms with Crippen molar-refractivity contribution >= 4 is 18.2 Å². The van der Waals surface area contributed by atoms with E-state index in [-0.39, 0.29) is 16.9 Å². The lowest BCUT2D eigenvalue weighted by Gasteiger charge is -2.37. The van der Waals surface area contributed by atoms with Crippen LogP contribution < -0.4 is 0 Å². The molecule has 6 heteroatoms. The van der Waals surface area contributed by atoms with Gasteiger partial charge in [-0.1, -0.05) is 58.9 Å². The van der Waals surface area contributed by atoms with E-state index < -0.39 is 30.2 Å². The van der Waals surface area contributed by atoms with Crippen LogP contribution in [0.4, 0.5) is 0 Å². The molecule has 4 nitrogen and oxygen atoms in total. The predicted molar refractivity (Wildman–Crippen MR) is 113 cm³/mol. The van der Waals surface area contributed by atoms with Crippen LogP contribution in [0.1, 0.15) is 41.0 Å². The molecule has 0 saturated heterocycles. The van der Waals surface area contributed by atoms with Crippen molar-refractivity contribution < 1.29 is 18.0 Å². The molecular formula is C21H34O4SSi. The summed E-state index contributed by atoms with van der Waals surface area (Å²) >= 11 is 0. The molecule has 1 aliphatic carbocycles. The van der Waals surface area contributed by atoms with Crippen LogP contribution in [0.15, 0.2) is 46.2 Å². The van der Waals surface area contributed by atoms with E-state index in [0.717, 1.165) is 18.1 Å². The summed E-state index contributed by atoms with van der Waals surface area (Å²) in [6.45, 7) is 10.3. The van der Waals surface area contributed by atoms with Gasteiger partial charge in [0.25, 0.3) is 0 Å². The van der Waals surface area contributed by atoms with Gasteiger partial charge in [-0.3, -0.25) is 0 Å². The van der Waals surface area contributed by atoms with Gasteiger partial charge in [-0.25, -0.2) is 8.42 Å². The highest BCUT2D eigenvalue weighted by Crippen LogP contribution is 2.37. The average Bonchev–Trinajstić information content (AvgIpc) is 2.79. The quantitative estimate of drug-likeness (QED) is 0.658. The molecule has 2 rings (SSSR count). The summed E-state index contributed by atoms with van der Waals surface area (Å²) in [4.78, 5) is 0.595. The van der Waals surface area contributed by atoms with Crippen molar-refractivity contribution in [2.75, 3.05) is 0 Å². The Bertz CT molecular complexity index is 732. The van der Waals surface area contributed by atoms with Crippen LogP contribution in [0.5, 0.6) is 0 Å². The zero-order valence-electron chi connectivity index (χ0n) is 17.2. The minimum Gasteiger partial charge on any atom is -0.413 e. The van der Waals surface area contributed by atoms with E-state index in [1.165, 1.54) is 0 Å². The monoisotopic (exact) mass is 410 g/mol. The molecule has 27 heavy (non-hydrogen) atoms. The Kier molecular flexibility index (Phi) is 7.47. The topological polar surface area (TPSA) is 63.6 Å². The fourth-order valence-corrected chi connectivity index (χ4v) is 8.73. The standard InChI is InChI=1S/C21H34O4SSi/c1-6-27(7-2,8-3)25-19-14-15-20(17(5)21(22)16(19)4)26(23,24)18-12-10-9-11-13-18/h9-13,15-17,19,21-22H,6-8,14H2,1-5H3/t16-,17+,19+,21-/m0/s1. The lowest BCUT2D eigenvalue weighted by molar-refractivity contribution is 0.0159. The van der Waals surface area contributed by atoms with Gasteiger partial charge in [-0.15, -0.1) is 0 Å². The zero-order chi connectivity index (χ0) is 20.2. The smallest absolute Gasteiger partial charge is 0.202 e. The normalized spacial score (nSPS) is 27.1.